The number of amides is 1. The average molecular weight is 586 g/mol. The lowest BCUT2D eigenvalue weighted by atomic mass is 10.2. The molecule has 1 saturated heterocycles. The third kappa shape index (κ3) is 7.60. The smallest absolute Gasteiger partial charge is 0.413 e. The van der Waals surface area contributed by atoms with Gasteiger partial charge in [0, 0.05) is 31.5 Å². The fourth-order valence-corrected chi connectivity index (χ4v) is 3.29. The van der Waals surface area contributed by atoms with Gasteiger partial charge < -0.3 is 19.7 Å². The highest BCUT2D eigenvalue weighted by Crippen LogP contribution is 2.31. The summed E-state index contributed by atoms with van der Waals surface area (Å²) >= 11 is 0. The Morgan fingerprint density at radius 3 is 2.05 bits per heavy atom. The number of nitrogens with one attached hydrogen (secondary N) is 1. The quantitative estimate of drug-likeness (QED) is 0.236. The number of hydrogen-bond acceptors (Lipinski definition) is 8. The Balaban J connectivity index is 1.91. The molecule has 0 radical (unpaired) electrons. The number of pyridine rings is 2. The standard InChI is InChI=1S/C22H15F9N4O5/c23-20(24,25)11-4-5-14(33-9-11)35-8-6-12(10-35)34-17(36)16(40-19(38)22(29,30)31)15(13-3-1-2-7-32-13)39-18(37)21(26,27)28/h1-5,7,9,12H,6,8,10H2,(H,34,36)/b16-15+. The first kappa shape index (κ1) is 30.2. The van der Waals surface area contributed by atoms with Crippen LogP contribution in [0.4, 0.5) is 45.3 Å². The van der Waals surface area contributed by atoms with E-state index in [4.69, 9.17) is 0 Å². The van der Waals surface area contributed by atoms with Crippen molar-refractivity contribution < 1.29 is 63.4 Å². The molecule has 3 heterocycles. The normalized spacial score (nSPS) is 16.7. The van der Waals surface area contributed by atoms with Gasteiger partial charge in [-0.3, -0.25) is 9.78 Å². The number of aromatic nitrogens is 2. The Morgan fingerprint density at radius 2 is 1.52 bits per heavy atom. The van der Waals surface area contributed by atoms with Crippen molar-refractivity contribution in [3.05, 3.63) is 59.7 Å². The van der Waals surface area contributed by atoms with Crippen LogP contribution in [0, 0.1) is 0 Å². The Labute approximate surface area is 217 Å². The summed E-state index contributed by atoms with van der Waals surface area (Å²) in [5, 5.41) is 2.14. The number of carbonyl (C=O) groups excluding carboxylic acids is 3. The zero-order chi connectivity index (χ0) is 29.9. The number of hydrogen-bond donors (Lipinski definition) is 1. The molecule has 3 rings (SSSR count). The Morgan fingerprint density at radius 1 is 0.875 bits per heavy atom. The van der Waals surface area contributed by atoms with E-state index in [1.807, 2.05) is 0 Å². The molecule has 2 aromatic rings. The molecular formula is C22H15F9N4O5. The fraction of sp³-hybridized carbons (Fsp3) is 0.318. The van der Waals surface area contributed by atoms with E-state index in [2.05, 4.69) is 24.8 Å². The maximum Gasteiger partial charge on any atom is 0.491 e. The predicted octanol–water partition coefficient (Wildman–Crippen LogP) is 3.77. The largest absolute Gasteiger partial charge is 0.491 e. The molecule has 1 N–H and O–H groups in total. The summed E-state index contributed by atoms with van der Waals surface area (Å²) in [6.07, 6.45) is -14.5. The molecule has 2 aromatic heterocycles. The second-order valence-corrected chi connectivity index (χ2v) is 7.96. The summed E-state index contributed by atoms with van der Waals surface area (Å²) in [5.74, 6) is -10.9. The molecular weight excluding hydrogens is 571 g/mol. The minimum atomic E-state index is -5.72. The summed E-state index contributed by atoms with van der Waals surface area (Å²) in [5.41, 5.74) is -1.79. The number of esters is 2. The molecule has 1 aliphatic rings. The van der Waals surface area contributed by atoms with Crippen molar-refractivity contribution in [1.82, 2.24) is 15.3 Å². The first-order valence-electron chi connectivity index (χ1n) is 10.8. The summed E-state index contributed by atoms with van der Waals surface area (Å²) in [4.78, 5) is 44.6. The molecule has 0 bridgehead atoms. The van der Waals surface area contributed by atoms with E-state index in [0.717, 1.165) is 30.5 Å². The zero-order valence-electron chi connectivity index (χ0n) is 19.5. The Kier molecular flexibility index (Phi) is 8.59. The molecule has 0 spiro atoms. The van der Waals surface area contributed by atoms with E-state index in [0.29, 0.717) is 6.20 Å². The predicted molar refractivity (Wildman–Crippen MR) is 113 cm³/mol. The average Bonchev–Trinajstić information content (AvgIpc) is 3.33. The van der Waals surface area contributed by atoms with Crippen LogP contribution < -0.4 is 10.2 Å². The van der Waals surface area contributed by atoms with Crippen LogP contribution in [-0.2, 0) is 30.0 Å². The van der Waals surface area contributed by atoms with Gasteiger partial charge in [0.1, 0.15) is 11.5 Å². The number of nitrogens with zero attached hydrogens (tertiary/aromatic N) is 3. The number of anilines is 1. The fourth-order valence-electron chi connectivity index (χ4n) is 3.29. The molecule has 216 valence electrons. The molecule has 40 heavy (non-hydrogen) atoms. The van der Waals surface area contributed by atoms with Gasteiger partial charge >= 0.3 is 30.5 Å². The van der Waals surface area contributed by atoms with Gasteiger partial charge in [-0.25, -0.2) is 14.6 Å². The van der Waals surface area contributed by atoms with Crippen molar-refractivity contribution in [2.45, 2.75) is 31.0 Å². The van der Waals surface area contributed by atoms with E-state index in [1.165, 1.54) is 11.0 Å². The molecule has 0 aromatic carbocycles. The minimum absolute atomic E-state index is 0.0379. The highest BCUT2D eigenvalue weighted by molar-refractivity contribution is 6.01. The van der Waals surface area contributed by atoms with Crippen LogP contribution in [-0.4, -0.2) is 59.3 Å². The van der Waals surface area contributed by atoms with E-state index >= 15 is 0 Å². The SMILES string of the molecule is O=C(NC1CCN(c2ccc(C(F)(F)F)cn2)C1)/C(OC(=O)C(F)(F)F)=C(\OC(=O)C(F)(F)F)c1ccccn1. The monoisotopic (exact) mass is 586 g/mol. The van der Waals surface area contributed by atoms with E-state index in [-0.39, 0.29) is 25.3 Å². The Bertz CT molecular complexity index is 1280. The first-order valence-corrected chi connectivity index (χ1v) is 10.8. The van der Waals surface area contributed by atoms with Gasteiger partial charge in [-0.05, 0) is 30.7 Å². The lowest BCUT2D eigenvalue weighted by Gasteiger charge is -2.20. The van der Waals surface area contributed by atoms with Crippen molar-refractivity contribution >= 4 is 29.4 Å². The van der Waals surface area contributed by atoms with Crippen molar-refractivity contribution in [3.63, 3.8) is 0 Å². The van der Waals surface area contributed by atoms with Crippen LogP contribution >= 0.6 is 0 Å². The van der Waals surface area contributed by atoms with Crippen molar-refractivity contribution in [3.8, 4) is 0 Å². The molecule has 9 nitrogen and oxygen atoms in total. The zero-order valence-corrected chi connectivity index (χ0v) is 19.5. The number of ether oxygens (including phenoxy) is 2. The first-order chi connectivity index (χ1) is 18.5. The molecule has 1 amide bonds. The maximum atomic E-state index is 12.9. The minimum Gasteiger partial charge on any atom is -0.413 e. The number of alkyl halides is 9. The van der Waals surface area contributed by atoms with Gasteiger partial charge in [0.2, 0.25) is 11.5 Å². The van der Waals surface area contributed by atoms with Crippen molar-refractivity contribution in [1.29, 1.82) is 0 Å². The lowest BCUT2D eigenvalue weighted by molar-refractivity contribution is -0.197. The lowest BCUT2D eigenvalue weighted by Crippen LogP contribution is -2.40. The highest BCUT2D eigenvalue weighted by atomic mass is 19.4. The number of halogens is 9. The van der Waals surface area contributed by atoms with Gasteiger partial charge in [0.15, 0.2) is 0 Å². The third-order valence-electron chi connectivity index (χ3n) is 5.09. The summed E-state index contributed by atoms with van der Waals surface area (Å²) in [7, 11) is 0. The third-order valence-corrected chi connectivity index (χ3v) is 5.09. The van der Waals surface area contributed by atoms with Gasteiger partial charge in [0.05, 0.1) is 5.56 Å². The second kappa shape index (κ2) is 11.4. The molecule has 1 aliphatic heterocycles. The Hall–Kier alpha value is -4.38. The molecule has 1 fully saturated rings. The molecule has 1 atom stereocenters. The van der Waals surface area contributed by atoms with Crippen LogP contribution in [0.2, 0.25) is 0 Å². The highest BCUT2D eigenvalue weighted by Gasteiger charge is 2.46. The van der Waals surface area contributed by atoms with E-state index in [9.17, 15) is 53.9 Å². The van der Waals surface area contributed by atoms with Crippen molar-refractivity contribution in [2.24, 2.45) is 0 Å². The molecule has 18 heteroatoms. The number of carbonyl (C=O) groups is 3. The molecule has 0 saturated carbocycles. The van der Waals surface area contributed by atoms with E-state index in [1.54, 1.807) is 0 Å². The van der Waals surface area contributed by atoms with Gasteiger partial charge in [0.25, 0.3) is 5.91 Å². The summed E-state index contributed by atoms with van der Waals surface area (Å²) in [6, 6.07) is 4.03. The molecule has 1 unspecified atom stereocenters. The second-order valence-electron chi connectivity index (χ2n) is 7.96. The van der Waals surface area contributed by atoms with E-state index < -0.39 is 65.2 Å². The van der Waals surface area contributed by atoms with Crippen molar-refractivity contribution in [2.75, 3.05) is 18.0 Å². The van der Waals surface area contributed by atoms with Gasteiger partial charge in [-0.2, -0.15) is 39.5 Å². The number of rotatable bonds is 6. The van der Waals surface area contributed by atoms with Gasteiger partial charge in [-0.15, -0.1) is 0 Å². The molecule has 0 aliphatic carbocycles. The van der Waals surface area contributed by atoms with Crippen LogP contribution in [0.1, 0.15) is 17.7 Å². The summed E-state index contributed by atoms with van der Waals surface area (Å²) in [6.45, 7) is -0.0767. The van der Waals surface area contributed by atoms with Gasteiger partial charge in [-0.1, -0.05) is 6.07 Å². The van der Waals surface area contributed by atoms with Crippen LogP contribution in [0.3, 0.4) is 0 Å². The summed E-state index contributed by atoms with van der Waals surface area (Å²) < 4.78 is 124. The van der Waals surface area contributed by atoms with Crippen LogP contribution in [0.15, 0.2) is 48.5 Å². The maximum absolute atomic E-state index is 12.9. The van der Waals surface area contributed by atoms with Crippen LogP contribution in [0.25, 0.3) is 5.76 Å². The van der Waals surface area contributed by atoms with Crippen LogP contribution in [0.5, 0.6) is 0 Å². The topological polar surface area (TPSA) is 111 Å².